The lowest BCUT2D eigenvalue weighted by Crippen LogP contribution is -2.19. The molecule has 1 aliphatic heterocycles. The van der Waals surface area contributed by atoms with Gasteiger partial charge in [-0.25, -0.2) is 0 Å². The minimum atomic E-state index is -0.730. The Labute approximate surface area is 194 Å². The average Bonchev–Trinajstić information content (AvgIpc) is 3.50. The Morgan fingerprint density at radius 1 is 1.09 bits per heavy atom. The van der Waals surface area contributed by atoms with E-state index in [0.717, 1.165) is 36.0 Å². The molecule has 0 spiro atoms. The van der Waals surface area contributed by atoms with E-state index in [1.54, 1.807) is 14.2 Å². The van der Waals surface area contributed by atoms with E-state index < -0.39 is 5.97 Å². The molecule has 7 heteroatoms. The molecule has 4 rings (SSSR count). The van der Waals surface area contributed by atoms with Crippen LogP contribution in [0.5, 0.6) is 17.2 Å². The normalized spacial score (nSPS) is 16.5. The number of hydrogen-bond acceptors (Lipinski definition) is 5. The molecule has 1 aliphatic carbocycles. The molecule has 0 saturated heterocycles. The molecular weight excluding hydrogens is 422 g/mol. The molecule has 1 heterocycles. The second-order valence-electron chi connectivity index (χ2n) is 8.96. The lowest BCUT2D eigenvalue weighted by molar-refractivity contribution is -0.142. The van der Waals surface area contributed by atoms with Gasteiger partial charge in [-0.2, -0.15) is 0 Å². The number of hydrogen-bond donors (Lipinski definition) is 2. The summed E-state index contributed by atoms with van der Waals surface area (Å²) in [7, 11) is 3.17. The smallest absolute Gasteiger partial charge is 0.306 e. The highest BCUT2D eigenvalue weighted by molar-refractivity contribution is 6.01. The van der Waals surface area contributed by atoms with Gasteiger partial charge in [0.05, 0.1) is 26.7 Å². The lowest BCUT2D eigenvalue weighted by atomic mass is 9.92. The zero-order valence-electron chi connectivity index (χ0n) is 19.4. The van der Waals surface area contributed by atoms with Crippen LogP contribution in [0.15, 0.2) is 30.3 Å². The zero-order chi connectivity index (χ0) is 23.6. The molecule has 0 aromatic heterocycles. The van der Waals surface area contributed by atoms with Crippen LogP contribution in [0, 0.1) is 11.3 Å². The molecule has 176 valence electrons. The Morgan fingerprint density at radius 2 is 1.85 bits per heavy atom. The summed E-state index contributed by atoms with van der Waals surface area (Å²) < 4.78 is 17.6. The number of rotatable bonds is 11. The summed E-state index contributed by atoms with van der Waals surface area (Å²) in [6.45, 7) is 2.86. The number of nitrogens with one attached hydrogen (secondary N) is 1. The third-order valence-corrected chi connectivity index (χ3v) is 6.98. The number of fused-ring (bicyclic) bond motifs is 1. The fourth-order valence-electron chi connectivity index (χ4n) is 4.61. The maximum absolute atomic E-state index is 12.2. The van der Waals surface area contributed by atoms with Crippen molar-refractivity contribution in [2.45, 2.75) is 45.6 Å². The highest BCUT2D eigenvalue weighted by Crippen LogP contribution is 2.53. The molecule has 33 heavy (non-hydrogen) atoms. The largest absolute Gasteiger partial charge is 0.493 e. The highest BCUT2D eigenvalue weighted by Gasteiger charge is 2.44. The van der Waals surface area contributed by atoms with Crippen LogP contribution in [0.1, 0.15) is 54.9 Å². The number of carbonyl (C=O) groups excluding carboxylic acids is 1. The van der Waals surface area contributed by atoms with Gasteiger partial charge in [-0.05, 0) is 61.4 Å². The first-order chi connectivity index (χ1) is 15.9. The minimum absolute atomic E-state index is 0.00954. The van der Waals surface area contributed by atoms with Crippen LogP contribution in [-0.2, 0) is 11.3 Å². The van der Waals surface area contributed by atoms with E-state index in [9.17, 15) is 14.7 Å². The van der Waals surface area contributed by atoms with Crippen molar-refractivity contribution < 1.29 is 28.9 Å². The molecule has 7 nitrogen and oxygen atoms in total. The van der Waals surface area contributed by atoms with E-state index in [-0.39, 0.29) is 17.2 Å². The van der Waals surface area contributed by atoms with Crippen molar-refractivity contribution >= 4 is 11.9 Å². The van der Waals surface area contributed by atoms with Crippen molar-refractivity contribution in [2.24, 2.45) is 11.3 Å². The Balaban J connectivity index is 1.64. The maximum atomic E-state index is 12.2. The number of carboxylic acid groups (broad SMARTS) is 1. The third-order valence-electron chi connectivity index (χ3n) is 6.98. The first-order valence-corrected chi connectivity index (χ1v) is 11.4. The second-order valence-corrected chi connectivity index (χ2v) is 8.96. The van der Waals surface area contributed by atoms with Crippen LogP contribution in [0.3, 0.4) is 0 Å². The van der Waals surface area contributed by atoms with Crippen molar-refractivity contribution in [3.63, 3.8) is 0 Å². The first-order valence-electron chi connectivity index (χ1n) is 11.4. The standard InChI is InChI=1S/C26H31NO6/c1-4-16(25(29)30)10-11-26(12-13-26)15-33-22-18(8-9-21(31-2)23(22)32-3)17-6-5-7-19-20(17)14-27-24(19)28/h5-9,16H,4,10-15H2,1-3H3,(H,27,28)(H,29,30). The van der Waals surface area contributed by atoms with Crippen molar-refractivity contribution in [1.29, 1.82) is 0 Å². The second kappa shape index (κ2) is 9.33. The highest BCUT2D eigenvalue weighted by atomic mass is 16.5. The van der Waals surface area contributed by atoms with Crippen LogP contribution in [0.4, 0.5) is 0 Å². The van der Waals surface area contributed by atoms with Crippen LogP contribution in [-0.4, -0.2) is 37.8 Å². The first kappa shape index (κ1) is 23.0. The van der Waals surface area contributed by atoms with Crippen molar-refractivity contribution in [1.82, 2.24) is 5.32 Å². The molecule has 1 saturated carbocycles. The van der Waals surface area contributed by atoms with Gasteiger partial charge < -0.3 is 24.6 Å². The summed E-state index contributed by atoms with van der Waals surface area (Å²) in [5, 5.41) is 12.3. The predicted molar refractivity (Wildman–Crippen MR) is 124 cm³/mol. The van der Waals surface area contributed by atoms with Crippen LogP contribution in [0.25, 0.3) is 11.1 Å². The molecule has 0 bridgehead atoms. The summed E-state index contributed by atoms with van der Waals surface area (Å²) in [4.78, 5) is 23.6. The fourth-order valence-corrected chi connectivity index (χ4v) is 4.61. The van der Waals surface area contributed by atoms with Crippen LogP contribution >= 0.6 is 0 Å². The number of carbonyl (C=O) groups is 2. The number of amides is 1. The zero-order valence-corrected chi connectivity index (χ0v) is 19.4. The number of ether oxygens (including phenoxy) is 3. The molecule has 0 radical (unpaired) electrons. The van der Waals surface area contributed by atoms with Crippen molar-refractivity contribution in [2.75, 3.05) is 20.8 Å². The van der Waals surface area contributed by atoms with Gasteiger partial charge in [0.2, 0.25) is 5.75 Å². The molecule has 1 atom stereocenters. The van der Waals surface area contributed by atoms with E-state index >= 15 is 0 Å². The van der Waals surface area contributed by atoms with Gasteiger partial charge in [0.15, 0.2) is 11.5 Å². The van der Waals surface area contributed by atoms with Gasteiger partial charge in [-0.1, -0.05) is 19.1 Å². The minimum Gasteiger partial charge on any atom is -0.493 e. The molecular formula is C26H31NO6. The number of carboxylic acids is 1. The molecule has 1 unspecified atom stereocenters. The summed E-state index contributed by atoms with van der Waals surface area (Å²) in [5.74, 6) is 0.544. The van der Waals surface area contributed by atoms with Gasteiger partial charge in [-0.15, -0.1) is 0 Å². The van der Waals surface area contributed by atoms with E-state index in [2.05, 4.69) is 5.32 Å². The van der Waals surface area contributed by atoms with E-state index in [0.29, 0.717) is 48.8 Å². The van der Waals surface area contributed by atoms with Gasteiger partial charge >= 0.3 is 5.97 Å². The van der Waals surface area contributed by atoms with Gasteiger partial charge in [0, 0.05) is 23.1 Å². The average molecular weight is 454 g/mol. The molecule has 1 fully saturated rings. The molecule has 2 N–H and O–H groups in total. The summed E-state index contributed by atoms with van der Waals surface area (Å²) in [6.07, 6.45) is 4.13. The Hall–Kier alpha value is -3.22. The quantitative estimate of drug-likeness (QED) is 0.514. The van der Waals surface area contributed by atoms with E-state index in [4.69, 9.17) is 14.2 Å². The van der Waals surface area contributed by atoms with Gasteiger partial charge in [0.25, 0.3) is 5.91 Å². The van der Waals surface area contributed by atoms with Gasteiger partial charge in [0.1, 0.15) is 0 Å². The number of methoxy groups -OCH3 is 2. The topological polar surface area (TPSA) is 94.1 Å². The Kier molecular flexibility index (Phi) is 6.49. The summed E-state index contributed by atoms with van der Waals surface area (Å²) in [6, 6.07) is 9.47. The third kappa shape index (κ3) is 4.49. The SMILES string of the molecule is CCC(CCC1(COc2c(-c3cccc4c3CNC4=O)ccc(OC)c2OC)CC1)C(=O)O. The van der Waals surface area contributed by atoms with E-state index in [1.807, 2.05) is 37.3 Å². The Bertz CT molecular complexity index is 1060. The van der Waals surface area contributed by atoms with Crippen molar-refractivity contribution in [3.05, 3.63) is 41.5 Å². The van der Waals surface area contributed by atoms with Crippen LogP contribution in [0.2, 0.25) is 0 Å². The van der Waals surface area contributed by atoms with E-state index in [1.165, 1.54) is 0 Å². The summed E-state index contributed by atoms with van der Waals surface area (Å²) >= 11 is 0. The molecule has 2 aromatic rings. The maximum Gasteiger partial charge on any atom is 0.306 e. The number of benzene rings is 2. The monoisotopic (exact) mass is 453 g/mol. The lowest BCUT2D eigenvalue weighted by Gasteiger charge is -2.22. The summed E-state index contributed by atoms with van der Waals surface area (Å²) in [5.41, 5.74) is 3.36. The molecule has 2 aliphatic rings. The van der Waals surface area contributed by atoms with Crippen molar-refractivity contribution in [3.8, 4) is 28.4 Å². The molecule has 1 amide bonds. The number of aliphatic carboxylic acids is 1. The predicted octanol–water partition coefficient (Wildman–Crippen LogP) is 4.66. The Morgan fingerprint density at radius 3 is 2.48 bits per heavy atom. The van der Waals surface area contributed by atoms with Crippen LogP contribution < -0.4 is 19.5 Å². The fraction of sp³-hybridized carbons (Fsp3) is 0.462. The van der Waals surface area contributed by atoms with Gasteiger partial charge in [-0.3, -0.25) is 9.59 Å². The molecule has 2 aromatic carbocycles.